The van der Waals surface area contributed by atoms with Gasteiger partial charge in [-0.1, -0.05) is 42.5 Å². The summed E-state index contributed by atoms with van der Waals surface area (Å²) >= 11 is 0. The number of amides is 1. The van der Waals surface area contributed by atoms with Gasteiger partial charge in [0.05, 0.1) is 25.2 Å². The molecule has 1 aliphatic rings. The highest BCUT2D eigenvalue weighted by Gasteiger charge is 2.21. The summed E-state index contributed by atoms with van der Waals surface area (Å²) < 4.78 is 37.1. The fourth-order valence-corrected chi connectivity index (χ4v) is 4.74. The molecule has 1 fully saturated rings. The van der Waals surface area contributed by atoms with Crippen molar-refractivity contribution in [1.82, 2.24) is 5.32 Å². The van der Waals surface area contributed by atoms with Gasteiger partial charge in [0.25, 0.3) is 0 Å². The second-order valence-electron chi connectivity index (χ2n) is 8.58. The number of nitrogens with one attached hydrogen (secondary N) is 1. The first kappa shape index (κ1) is 25.5. The Morgan fingerprint density at radius 3 is 2.25 bits per heavy atom. The Balaban J connectivity index is 1.32. The lowest BCUT2D eigenvalue weighted by Gasteiger charge is -2.29. The van der Waals surface area contributed by atoms with Gasteiger partial charge in [-0.15, -0.1) is 0 Å². The standard InChI is InChI=1S/C27H31N3O5S/c1-36(32,33)30(25-11-13-26(14-12-25)35-21-23-5-3-2-4-6-23)20-27(31)28-19-22-7-9-24(10-8-22)29-15-17-34-18-16-29/h2-14H,15-21H2,1H3,(H,28,31). The van der Waals surface area contributed by atoms with E-state index in [1.54, 1.807) is 24.3 Å². The van der Waals surface area contributed by atoms with Gasteiger partial charge in [-0.3, -0.25) is 9.10 Å². The molecular weight excluding hydrogens is 478 g/mol. The van der Waals surface area contributed by atoms with Crippen LogP contribution >= 0.6 is 0 Å². The smallest absolute Gasteiger partial charge is 0.241 e. The first-order valence-corrected chi connectivity index (χ1v) is 13.7. The molecule has 190 valence electrons. The highest BCUT2D eigenvalue weighted by atomic mass is 32.2. The third-order valence-corrected chi connectivity index (χ3v) is 7.00. The normalized spacial score (nSPS) is 13.8. The van der Waals surface area contributed by atoms with Crippen LogP contribution in [0.15, 0.2) is 78.9 Å². The van der Waals surface area contributed by atoms with Crippen molar-refractivity contribution >= 4 is 27.3 Å². The Labute approximate surface area is 212 Å². The molecule has 0 radical (unpaired) electrons. The maximum Gasteiger partial charge on any atom is 0.241 e. The zero-order valence-corrected chi connectivity index (χ0v) is 21.1. The number of morpholine rings is 1. The number of anilines is 2. The van der Waals surface area contributed by atoms with E-state index in [4.69, 9.17) is 9.47 Å². The zero-order valence-electron chi connectivity index (χ0n) is 20.3. The zero-order chi connectivity index (χ0) is 25.4. The predicted octanol–water partition coefficient (Wildman–Crippen LogP) is 3.18. The number of benzene rings is 3. The fraction of sp³-hybridized carbons (Fsp3) is 0.296. The largest absolute Gasteiger partial charge is 0.489 e. The molecule has 3 aromatic rings. The molecule has 0 bridgehead atoms. The molecule has 4 rings (SSSR count). The predicted molar refractivity (Wildman–Crippen MR) is 141 cm³/mol. The molecule has 0 atom stereocenters. The van der Waals surface area contributed by atoms with E-state index in [0.717, 1.165) is 53.7 Å². The molecule has 36 heavy (non-hydrogen) atoms. The van der Waals surface area contributed by atoms with E-state index < -0.39 is 10.0 Å². The van der Waals surface area contributed by atoms with Crippen molar-refractivity contribution in [2.24, 2.45) is 0 Å². The van der Waals surface area contributed by atoms with Gasteiger partial charge in [0, 0.05) is 25.3 Å². The van der Waals surface area contributed by atoms with Gasteiger partial charge < -0.3 is 19.7 Å². The SMILES string of the molecule is CS(=O)(=O)N(CC(=O)NCc1ccc(N2CCOCC2)cc1)c1ccc(OCc2ccccc2)cc1. The Morgan fingerprint density at radius 1 is 0.944 bits per heavy atom. The van der Waals surface area contributed by atoms with Crippen molar-refractivity contribution in [2.45, 2.75) is 13.2 Å². The van der Waals surface area contributed by atoms with E-state index in [1.165, 1.54) is 0 Å². The average molecular weight is 510 g/mol. The van der Waals surface area contributed by atoms with Crippen LogP contribution in [0, 0.1) is 0 Å². The Morgan fingerprint density at radius 2 is 1.61 bits per heavy atom. The minimum atomic E-state index is -3.67. The minimum absolute atomic E-state index is 0.311. The number of rotatable bonds is 10. The summed E-state index contributed by atoms with van der Waals surface area (Å²) in [5, 5.41) is 2.82. The molecule has 0 spiro atoms. The van der Waals surface area contributed by atoms with Gasteiger partial charge in [-0.25, -0.2) is 8.42 Å². The number of carbonyl (C=O) groups excluding carboxylic acids is 1. The third kappa shape index (κ3) is 7.22. The molecular formula is C27H31N3O5S. The van der Waals surface area contributed by atoms with Crippen molar-refractivity contribution in [3.05, 3.63) is 90.0 Å². The summed E-state index contributed by atoms with van der Waals surface area (Å²) in [6.07, 6.45) is 1.09. The van der Waals surface area contributed by atoms with E-state index in [9.17, 15) is 13.2 Å². The van der Waals surface area contributed by atoms with Crippen molar-refractivity contribution in [3.8, 4) is 5.75 Å². The quantitative estimate of drug-likeness (QED) is 0.452. The monoisotopic (exact) mass is 509 g/mol. The molecule has 0 unspecified atom stereocenters. The van der Waals surface area contributed by atoms with E-state index in [0.29, 0.717) is 24.6 Å². The molecule has 0 saturated carbocycles. The second-order valence-corrected chi connectivity index (χ2v) is 10.5. The summed E-state index contributed by atoms with van der Waals surface area (Å²) in [5.41, 5.74) is 3.49. The van der Waals surface area contributed by atoms with E-state index in [1.807, 2.05) is 54.6 Å². The van der Waals surface area contributed by atoms with Gasteiger partial charge in [-0.05, 0) is 47.5 Å². The molecule has 1 heterocycles. The maximum absolute atomic E-state index is 12.6. The number of ether oxygens (including phenoxy) is 2. The van der Waals surface area contributed by atoms with Crippen molar-refractivity contribution in [3.63, 3.8) is 0 Å². The number of hydrogen-bond acceptors (Lipinski definition) is 6. The first-order valence-electron chi connectivity index (χ1n) is 11.8. The highest BCUT2D eigenvalue weighted by Crippen LogP contribution is 2.22. The number of hydrogen-bond donors (Lipinski definition) is 1. The molecule has 1 saturated heterocycles. The summed E-state index contributed by atoms with van der Waals surface area (Å²) in [5.74, 6) is 0.225. The maximum atomic E-state index is 12.6. The van der Waals surface area contributed by atoms with Crippen LogP contribution in [0.3, 0.4) is 0 Å². The van der Waals surface area contributed by atoms with Crippen LogP contribution in [-0.4, -0.2) is 53.4 Å². The van der Waals surface area contributed by atoms with Gasteiger partial charge in [0.2, 0.25) is 15.9 Å². The lowest BCUT2D eigenvalue weighted by molar-refractivity contribution is -0.119. The Hall–Kier alpha value is -3.56. The molecule has 1 amide bonds. The molecule has 9 heteroatoms. The van der Waals surface area contributed by atoms with Crippen LogP contribution in [0.5, 0.6) is 5.75 Å². The van der Waals surface area contributed by atoms with Crippen LogP contribution in [-0.2, 0) is 32.7 Å². The van der Waals surface area contributed by atoms with Gasteiger partial charge in [0.1, 0.15) is 18.9 Å². The summed E-state index contributed by atoms with van der Waals surface area (Å²) in [6, 6.07) is 24.4. The summed E-state index contributed by atoms with van der Waals surface area (Å²) in [7, 11) is -3.67. The molecule has 3 aromatic carbocycles. The topological polar surface area (TPSA) is 88.2 Å². The molecule has 8 nitrogen and oxygen atoms in total. The number of nitrogens with zero attached hydrogens (tertiary/aromatic N) is 2. The van der Waals surface area contributed by atoms with Crippen LogP contribution in [0.4, 0.5) is 11.4 Å². The summed E-state index contributed by atoms with van der Waals surface area (Å²) in [4.78, 5) is 14.9. The third-order valence-electron chi connectivity index (χ3n) is 5.86. The van der Waals surface area contributed by atoms with Crippen molar-refractivity contribution < 1.29 is 22.7 Å². The highest BCUT2D eigenvalue weighted by molar-refractivity contribution is 7.92. The molecule has 1 aliphatic heterocycles. The lowest BCUT2D eigenvalue weighted by Crippen LogP contribution is -2.40. The van der Waals surface area contributed by atoms with Crippen molar-refractivity contribution in [2.75, 3.05) is 48.3 Å². The Kier molecular flexibility index (Phi) is 8.45. The van der Waals surface area contributed by atoms with E-state index >= 15 is 0 Å². The van der Waals surface area contributed by atoms with Crippen LogP contribution in [0.1, 0.15) is 11.1 Å². The van der Waals surface area contributed by atoms with Crippen molar-refractivity contribution in [1.29, 1.82) is 0 Å². The van der Waals surface area contributed by atoms with Crippen LogP contribution in [0.25, 0.3) is 0 Å². The second kappa shape index (κ2) is 11.9. The lowest BCUT2D eigenvalue weighted by atomic mass is 10.2. The summed E-state index contributed by atoms with van der Waals surface area (Å²) in [6.45, 7) is 3.57. The van der Waals surface area contributed by atoms with Gasteiger partial charge >= 0.3 is 0 Å². The number of carbonyl (C=O) groups is 1. The van der Waals surface area contributed by atoms with E-state index in [-0.39, 0.29) is 12.5 Å². The number of sulfonamides is 1. The Bertz CT molecular complexity index is 1230. The molecule has 0 aromatic heterocycles. The van der Waals surface area contributed by atoms with E-state index in [2.05, 4.69) is 10.2 Å². The van der Waals surface area contributed by atoms with Gasteiger partial charge in [-0.2, -0.15) is 0 Å². The molecule has 0 aliphatic carbocycles. The van der Waals surface area contributed by atoms with Crippen LogP contribution in [0.2, 0.25) is 0 Å². The first-order chi connectivity index (χ1) is 17.4. The molecule has 1 N–H and O–H groups in total. The minimum Gasteiger partial charge on any atom is -0.489 e. The average Bonchev–Trinajstić information content (AvgIpc) is 2.90. The fourth-order valence-electron chi connectivity index (χ4n) is 3.88. The van der Waals surface area contributed by atoms with Gasteiger partial charge in [0.15, 0.2) is 0 Å². The van der Waals surface area contributed by atoms with Crippen LogP contribution < -0.4 is 19.3 Å².